The zero-order valence-corrected chi connectivity index (χ0v) is 10.5. The number of benzene rings is 2. The Balaban J connectivity index is 2.02. The molecule has 18 heavy (non-hydrogen) atoms. The molecule has 88 valence electrons. The number of pyridine rings is 1. The molecule has 2 N–H and O–H groups in total. The summed E-state index contributed by atoms with van der Waals surface area (Å²) in [5.74, 6) is 0. The van der Waals surface area contributed by atoms with Gasteiger partial charge in [0.1, 0.15) is 0 Å². The van der Waals surface area contributed by atoms with Crippen molar-refractivity contribution < 1.29 is 0 Å². The van der Waals surface area contributed by atoms with E-state index in [2.05, 4.69) is 29.2 Å². The topological polar surface area (TPSA) is 38.9 Å². The van der Waals surface area contributed by atoms with Gasteiger partial charge in [0, 0.05) is 33.3 Å². The average Bonchev–Trinajstić information content (AvgIpc) is 2.42. The van der Waals surface area contributed by atoms with Crippen molar-refractivity contribution >= 4 is 28.2 Å². The van der Waals surface area contributed by atoms with Crippen LogP contribution in [-0.4, -0.2) is 4.98 Å². The molecule has 0 aliphatic heterocycles. The summed E-state index contributed by atoms with van der Waals surface area (Å²) in [7, 11) is 0. The van der Waals surface area contributed by atoms with E-state index in [0.717, 1.165) is 11.1 Å². The van der Waals surface area contributed by atoms with E-state index < -0.39 is 0 Å². The van der Waals surface area contributed by atoms with Gasteiger partial charge in [-0.2, -0.15) is 0 Å². The fraction of sp³-hybridized carbons (Fsp3) is 0. The van der Waals surface area contributed by atoms with Crippen molar-refractivity contribution in [1.82, 2.24) is 4.98 Å². The summed E-state index contributed by atoms with van der Waals surface area (Å²) < 4.78 is 0. The van der Waals surface area contributed by atoms with Crippen molar-refractivity contribution in [3.05, 3.63) is 60.9 Å². The normalized spacial score (nSPS) is 10.7. The molecule has 0 aliphatic rings. The third-order valence-electron chi connectivity index (χ3n) is 2.75. The van der Waals surface area contributed by atoms with Crippen LogP contribution in [0.15, 0.2) is 70.7 Å². The molecule has 1 aromatic heterocycles. The molecule has 3 aromatic rings. The van der Waals surface area contributed by atoms with E-state index >= 15 is 0 Å². The zero-order valence-electron chi connectivity index (χ0n) is 9.71. The second-order valence-corrected chi connectivity index (χ2v) is 5.14. The minimum atomic E-state index is 0.793. The molecule has 0 aliphatic carbocycles. The Morgan fingerprint density at radius 3 is 2.61 bits per heavy atom. The van der Waals surface area contributed by atoms with Crippen molar-refractivity contribution in [1.29, 1.82) is 0 Å². The lowest BCUT2D eigenvalue weighted by Gasteiger charge is -2.06. The second-order valence-electron chi connectivity index (χ2n) is 4.02. The number of hydrogen-bond donors (Lipinski definition) is 1. The van der Waals surface area contributed by atoms with E-state index in [1.807, 2.05) is 36.7 Å². The first-order valence-corrected chi connectivity index (χ1v) is 6.51. The van der Waals surface area contributed by atoms with Crippen LogP contribution in [0, 0.1) is 0 Å². The molecule has 3 heteroatoms. The predicted molar refractivity (Wildman–Crippen MR) is 76.7 cm³/mol. The van der Waals surface area contributed by atoms with Gasteiger partial charge in [-0.25, -0.2) is 0 Å². The maximum Gasteiger partial charge on any atom is 0.0346 e. The molecule has 0 amide bonds. The Labute approximate surface area is 110 Å². The number of rotatable bonds is 2. The predicted octanol–water partition coefficient (Wildman–Crippen LogP) is 3.97. The highest BCUT2D eigenvalue weighted by atomic mass is 32.2. The molecule has 0 spiro atoms. The summed E-state index contributed by atoms with van der Waals surface area (Å²) in [4.78, 5) is 6.57. The van der Waals surface area contributed by atoms with Gasteiger partial charge < -0.3 is 5.73 Å². The number of nitrogens with two attached hydrogens (primary N) is 1. The fourth-order valence-electron chi connectivity index (χ4n) is 1.84. The number of aromatic nitrogens is 1. The van der Waals surface area contributed by atoms with Crippen LogP contribution < -0.4 is 5.73 Å². The third-order valence-corrected chi connectivity index (χ3v) is 3.83. The minimum absolute atomic E-state index is 0.793. The number of nitrogen functional groups attached to an aromatic ring is 1. The van der Waals surface area contributed by atoms with Gasteiger partial charge >= 0.3 is 0 Å². The number of anilines is 1. The first kappa shape index (κ1) is 11.1. The summed E-state index contributed by atoms with van der Waals surface area (Å²) in [6, 6.07) is 16.3. The van der Waals surface area contributed by atoms with Crippen molar-refractivity contribution in [2.45, 2.75) is 9.79 Å². The molecule has 0 atom stereocenters. The summed E-state index contributed by atoms with van der Waals surface area (Å²) in [5.41, 5.74) is 6.49. The number of nitrogens with zero attached hydrogens (tertiary/aromatic N) is 1. The van der Waals surface area contributed by atoms with Crippen molar-refractivity contribution in [2.75, 3.05) is 5.73 Å². The highest BCUT2D eigenvalue weighted by Gasteiger charge is 2.02. The highest BCUT2D eigenvalue weighted by Crippen LogP contribution is 2.33. The van der Waals surface area contributed by atoms with E-state index in [-0.39, 0.29) is 0 Å². The SMILES string of the molecule is Nc1ccc(Sc2cccc3cnccc23)cc1. The lowest BCUT2D eigenvalue weighted by molar-refractivity contribution is 1.35. The van der Waals surface area contributed by atoms with E-state index in [9.17, 15) is 0 Å². The van der Waals surface area contributed by atoms with Crippen molar-refractivity contribution in [3.63, 3.8) is 0 Å². The molecule has 2 nitrogen and oxygen atoms in total. The summed E-state index contributed by atoms with van der Waals surface area (Å²) in [6.45, 7) is 0. The molecule has 1 heterocycles. The Bertz CT molecular complexity index is 672. The Hall–Kier alpha value is -2.00. The van der Waals surface area contributed by atoms with Crippen LogP contribution in [-0.2, 0) is 0 Å². The van der Waals surface area contributed by atoms with Gasteiger partial charge in [-0.05, 0) is 41.8 Å². The maximum absolute atomic E-state index is 5.69. The van der Waals surface area contributed by atoms with Gasteiger partial charge in [-0.1, -0.05) is 23.9 Å². The molecule has 0 saturated carbocycles. The molecule has 0 unspecified atom stereocenters. The second kappa shape index (κ2) is 4.70. The van der Waals surface area contributed by atoms with Gasteiger partial charge in [0.25, 0.3) is 0 Å². The van der Waals surface area contributed by atoms with Crippen LogP contribution >= 0.6 is 11.8 Å². The number of fused-ring (bicyclic) bond motifs is 1. The zero-order chi connectivity index (χ0) is 12.4. The largest absolute Gasteiger partial charge is 0.399 e. The maximum atomic E-state index is 5.69. The molecule has 0 saturated heterocycles. The van der Waals surface area contributed by atoms with E-state index in [1.54, 1.807) is 11.8 Å². The number of hydrogen-bond acceptors (Lipinski definition) is 3. The molecule has 0 bridgehead atoms. The molecular weight excluding hydrogens is 240 g/mol. The van der Waals surface area contributed by atoms with E-state index in [0.29, 0.717) is 0 Å². The van der Waals surface area contributed by atoms with Gasteiger partial charge in [-0.15, -0.1) is 0 Å². The fourth-order valence-corrected chi connectivity index (χ4v) is 2.81. The van der Waals surface area contributed by atoms with Crippen LogP contribution in [0.3, 0.4) is 0 Å². The Morgan fingerprint density at radius 2 is 1.78 bits per heavy atom. The standard InChI is InChI=1S/C15H12N2S/c16-12-4-6-13(7-5-12)18-15-3-1-2-11-10-17-9-8-14(11)15/h1-10H,16H2. The van der Waals surface area contributed by atoms with Gasteiger partial charge in [0.15, 0.2) is 0 Å². The molecule has 0 radical (unpaired) electrons. The lowest BCUT2D eigenvalue weighted by Crippen LogP contribution is -1.83. The van der Waals surface area contributed by atoms with Crippen LogP contribution in [0.2, 0.25) is 0 Å². The minimum Gasteiger partial charge on any atom is -0.399 e. The molecule has 2 aromatic carbocycles. The van der Waals surface area contributed by atoms with Crippen LogP contribution in [0.1, 0.15) is 0 Å². The quantitative estimate of drug-likeness (QED) is 0.701. The van der Waals surface area contributed by atoms with E-state index in [1.165, 1.54) is 15.2 Å². The van der Waals surface area contributed by atoms with Gasteiger partial charge in [0.2, 0.25) is 0 Å². The monoisotopic (exact) mass is 252 g/mol. The van der Waals surface area contributed by atoms with Crippen LogP contribution in [0.4, 0.5) is 5.69 Å². The average molecular weight is 252 g/mol. The smallest absolute Gasteiger partial charge is 0.0346 e. The third kappa shape index (κ3) is 2.17. The summed E-state index contributed by atoms with van der Waals surface area (Å²) in [5, 5.41) is 2.40. The first-order chi connectivity index (χ1) is 8.83. The first-order valence-electron chi connectivity index (χ1n) is 5.69. The molecular formula is C15H12N2S. The van der Waals surface area contributed by atoms with Crippen molar-refractivity contribution in [2.24, 2.45) is 0 Å². The van der Waals surface area contributed by atoms with E-state index in [4.69, 9.17) is 5.73 Å². The van der Waals surface area contributed by atoms with Crippen molar-refractivity contribution in [3.8, 4) is 0 Å². The highest BCUT2D eigenvalue weighted by molar-refractivity contribution is 7.99. The molecule has 3 rings (SSSR count). The Morgan fingerprint density at radius 1 is 0.944 bits per heavy atom. The summed E-state index contributed by atoms with van der Waals surface area (Å²) >= 11 is 1.74. The van der Waals surface area contributed by atoms with Crippen LogP contribution in [0.5, 0.6) is 0 Å². The summed E-state index contributed by atoms with van der Waals surface area (Å²) in [6.07, 6.45) is 3.72. The van der Waals surface area contributed by atoms with Gasteiger partial charge in [-0.3, -0.25) is 4.98 Å². The molecule has 0 fully saturated rings. The lowest BCUT2D eigenvalue weighted by atomic mass is 10.2. The Kier molecular flexibility index (Phi) is 2.90. The van der Waals surface area contributed by atoms with Crippen LogP contribution in [0.25, 0.3) is 10.8 Å². The van der Waals surface area contributed by atoms with Gasteiger partial charge in [0.05, 0.1) is 0 Å².